The lowest BCUT2D eigenvalue weighted by Gasteiger charge is -2.36. The summed E-state index contributed by atoms with van der Waals surface area (Å²) in [4.78, 5) is 11.1. The summed E-state index contributed by atoms with van der Waals surface area (Å²) >= 11 is 0. The van der Waals surface area contributed by atoms with Crippen molar-refractivity contribution in [3.63, 3.8) is 0 Å². The number of carbonyl (C=O) groups is 1. The number of benzene rings is 2. The average Bonchev–Trinajstić information content (AvgIpc) is 3.03. The molecule has 228 valence electrons. The van der Waals surface area contributed by atoms with Crippen molar-refractivity contribution in [1.29, 1.82) is 5.26 Å². The maximum atomic E-state index is 11.1. The Bertz CT molecular complexity index is 1100. The SMILES string of the molecule is C=CC(=O)OCCCCCCCCC1(C#N)CCCC(c2ccc(-c3ccc(OC(CCC)CCCC)cc3)cc2)C1. The van der Waals surface area contributed by atoms with Crippen LogP contribution in [0.25, 0.3) is 11.1 Å². The van der Waals surface area contributed by atoms with Crippen LogP contribution in [0.2, 0.25) is 0 Å². The molecular formula is C38H53NO3. The van der Waals surface area contributed by atoms with E-state index >= 15 is 0 Å². The number of rotatable bonds is 19. The van der Waals surface area contributed by atoms with Crippen molar-refractivity contribution in [2.24, 2.45) is 5.41 Å². The van der Waals surface area contributed by atoms with Crippen molar-refractivity contribution in [2.45, 2.75) is 129 Å². The minimum absolute atomic E-state index is 0.191. The highest BCUT2D eigenvalue weighted by Gasteiger charge is 2.36. The van der Waals surface area contributed by atoms with Crippen LogP contribution in [0.5, 0.6) is 5.75 Å². The van der Waals surface area contributed by atoms with E-state index in [0.717, 1.165) is 82.8 Å². The molecule has 0 saturated heterocycles. The maximum absolute atomic E-state index is 11.1. The normalized spacial score (nSPS) is 19.0. The number of unbranched alkanes of at least 4 members (excludes halogenated alkanes) is 6. The summed E-state index contributed by atoms with van der Waals surface area (Å²) in [7, 11) is 0. The first-order valence-corrected chi connectivity index (χ1v) is 16.6. The Labute approximate surface area is 255 Å². The second kappa shape index (κ2) is 18.5. The van der Waals surface area contributed by atoms with E-state index in [0.29, 0.717) is 18.6 Å². The number of nitriles is 1. The molecule has 4 nitrogen and oxygen atoms in total. The minimum Gasteiger partial charge on any atom is -0.490 e. The van der Waals surface area contributed by atoms with Gasteiger partial charge in [0.1, 0.15) is 5.75 Å². The molecule has 1 fully saturated rings. The van der Waals surface area contributed by atoms with E-state index in [1.807, 2.05) is 0 Å². The lowest BCUT2D eigenvalue weighted by molar-refractivity contribution is -0.137. The van der Waals surface area contributed by atoms with Crippen molar-refractivity contribution >= 4 is 5.97 Å². The fourth-order valence-corrected chi connectivity index (χ4v) is 6.42. The van der Waals surface area contributed by atoms with Gasteiger partial charge in [0.15, 0.2) is 0 Å². The largest absolute Gasteiger partial charge is 0.490 e. The molecular weight excluding hydrogens is 518 g/mol. The van der Waals surface area contributed by atoms with Gasteiger partial charge in [0.2, 0.25) is 0 Å². The molecule has 0 radical (unpaired) electrons. The molecule has 0 aliphatic heterocycles. The Morgan fingerprint density at radius 1 is 0.952 bits per heavy atom. The zero-order valence-corrected chi connectivity index (χ0v) is 26.3. The van der Waals surface area contributed by atoms with Gasteiger partial charge in [-0.25, -0.2) is 4.79 Å². The molecule has 0 spiro atoms. The van der Waals surface area contributed by atoms with Gasteiger partial charge in [-0.2, -0.15) is 5.26 Å². The summed E-state index contributed by atoms with van der Waals surface area (Å²) in [5, 5.41) is 10.2. The molecule has 3 rings (SSSR count). The fourth-order valence-electron chi connectivity index (χ4n) is 6.42. The highest BCUT2D eigenvalue weighted by molar-refractivity contribution is 5.81. The zero-order chi connectivity index (χ0) is 30.0. The molecule has 0 N–H and O–H groups in total. The molecule has 3 unspecified atom stereocenters. The van der Waals surface area contributed by atoms with Crippen molar-refractivity contribution in [3.8, 4) is 22.9 Å². The van der Waals surface area contributed by atoms with E-state index in [1.54, 1.807) is 0 Å². The van der Waals surface area contributed by atoms with Crippen LogP contribution >= 0.6 is 0 Å². The Hall–Kier alpha value is -3.06. The van der Waals surface area contributed by atoms with E-state index in [2.05, 4.69) is 75.0 Å². The van der Waals surface area contributed by atoms with Gasteiger partial charge in [-0.1, -0.05) is 115 Å². The predicted molar refractivity (Wildman–Crippen MR) is 173 cm³/mol. The van der Waals surface area contributed by atoms with Crippen LogP contribution in [-0.4, -0.2) is 18.7 Å². The van der Waals surface area contributed by atoms with Gasteiger partial charge >= 0.3 is 5.97 Å². The van der Waals surface area contributed by atoms with Crippen LogP contribution in [0.15, 0.2) is 61.2 Å². The lowest BCUT2D eigenvalue weighted by Crippen LogP contribution is -2.26. The van der Waals surface area contributed by atoms with Crippen molar-refractivity contribution in [1.82, 2.24) is 0 Å². The second-order valence-corrected chi connectivity index (χ2v) is 12.2. The Morgan fingerprint density at radius 2 is 1.62 bits per heavy atom. The van der Waals surface area contributed by atoms with Crippen molar-refractivity contribution in [2.75, 3.05) is 6.61 Å². The zero-order valence-electron chi connectivity index (χ0n) is 26.3. The molecule has 0 amide bonds. The number of nitrogens with zero attached hydrogens (tertiary/aromatic N) is 1. The summed E-state index contributed by atoms with van der Waals surface area (Å²) in [6.07, 6.45) is 19.2. The van der Waals surface area contributed by atoms with Crippen LogP contribution in [0.3, 0.4) is 0 Å². The monoisotopic (exact) mass is 571 g/mol. The van der Waals surface area contributed by atoms with E-state index < -0.39 is 0 Å². The van der Waals surface area contributed by atoms with Gasteiger partial charge in [0.25, 0.3) is 0 Å². The third-order valence-electron chi connectivity index (χ3n) is 8.91. The van der Waals surface area contributed by atoms with Gasteiger partial charge in [0.05, 0.1) is 24.2 Å². The molecule has 0 bridgehead atoms. The predicted octanol–water partition coefficient (Wildman–Crippen LogP) is 10.7. The Kier molecular flexibility index (Phi) is 14.7. The number of ether oxygens (including phenoxy) is 2. The lowest BCUT2D eigenvalue weighted by atomic mass is 9.66. The summed E-state index contributed by atoms with van der Waals surface area (Å²) in [5.41, 5.74) is 3.61. The van der Waals surface area contributed by atoms with Crippen LogP contribution in [0.4, 0.5) is 0 Å². The quantitative estimate of drug-likeness (QED) is 0.0956. The molecule has 42 heavy (non-hydrogen) atoms. The third kappa shape index (κ3) is 11.0. The van der Waals surface area contributed by atoms with Crippen LogP contribution < -0.4 is 4.74 Å². The Morgan fingerprint density at radius 3 is 2.26 bits per heavy atom. The molecule has 2 aromatic rings. The number of carbonyl (C=O) groups excluding carboxylic acids is 1. The van der Waals surface area contributed by atoms with Gasteiger partial charge in [0, 0.05) is 6.08 Å². The smallest absolute Gasteiger partial charge is 0.330 e. The van der Waals surface area contributed by atoms with Gasteiger partial charge in [-0.15, -0.1) is 0 Å². The maximum Gasteiger partial charge on any atom is 0.330 e. The van der Waals surface area contributed by atoms with Gasteiger partial charge < -0.3 is 9.47 Å². The molecule has 3 atom stereocenters. The van der Waals surface area contributed by atoms with E-state index in [9.17, 15) is 10.1 Å². The summed E-state index contributed by atoms with van der Waals surface area (Å²) in [5.74, 6) is 1.08. The van der Waals surface area contributed by atoms with Gasteiger partial charge in [-0.3, -0.25) is 0 Å². The first-order valence-electron chi connectivity index (χ1n) is 16.6. The molecule has 1 aliphatic carbocycles. The van der Waals surface area contributed by atoms with E-state index in [4.69, 9.17) is 9.47 Å². The van der Waals surface area contributed by atoms with E-state index in [-0.39, 0.29) is 11.4 Å². The van der Waals surface area contributed by atoms with Crippen LogP contribution in [0, 0.1) is 16.7 Å². The second-order valence-electron chi connectivity index (χ2n) is 12.2. The standard InChI is InChI=1S/C38H53NO3/c1-4-7-17-35(15-5-2)42-36-24-22-32(23-25-36)31-18-20-33(21-19-31)34-16-14-27-38(29-34,30-39)26-12-10-8-9-11-13-28-41-37(40)6-3/h6,18-25,34-35H,3-5,7-17,26-29H2,1-2H3. The first-order chi connectivity index (χ1) is 20.5. The van der Waals surface area contributed by atoms with Crippen molar-refractivity contribution in [3.05, 3.63) is 66.7 Å². The summed E-state index contributed by atoms with van der Waals surface area (Å²) in [6.45, 7) is 8.35. The first kappa shape index (κ1) is 33.4. The molecule has 0 aromatic heterocycles. The van der Waals surface area contributed by atoms with Crippen molar-refractivity contribution < 1.29 is 14.3 Å². The number of hydrogen-bond donors (Lipinski definition) is 0. The average molecular weight is 572 g/mol. The topological polar surface area (TPSA) is 59.3 Å². The molecule has 4 heteroatoms. The number of hydrogen-bond acceptors (Lipinski definition) is 4. The van der Waals surface area contributed by atoms with Crippen LogP contribution in [0.1, 0.15) is 128 Å². The van der Waals surface area contributed by atoms with E-state index in [1.165, 1.54) is 48.4 Å². The summed E-state index contributed by atoms with van der Waals surface area (Å²) < 4.78 is 11.3. The Balaban J connectivity index is 1.47. The molecule has 1 saturated carbocycles. The van der Waals surface area contributed by atoms with Crippen LogP contribution in [-0.2, 0) is 9.53 Å². The molecule has 2 aromatic carbocycles. The molecule has 1 aliphatic rings. The number of esters is 1. The molecule has 0 heterocycles. The fraction of sp³-hybridized carbons (Fsp3) is 0.579. The minimum atomic E-state index is -0.340. The summed E-state index contributed by atoms with van der Waals surface area (Å²) in [6, 6.07) is 20.4. The highest BCUT2D eigenvalue weighted by Crippen LogP contribution is 2.47. The third-order valence-corrected chi connectivity index (χ3v) is 8.91. The van der Waals surface area contributed by atoms with Gasteiger partial charge in [-0.05, 0) is 79.7 Å². The highest BCUT2D eigenvalue weighted by atomic mass is 16.5.